The SMILES string of the molecule is COC(=O)[C@@H](NCc1ccc(C(F)(F)F)cc1)C(C)C. The van der Waals surface area contributed by atoms with Gasteiger partial charge in [0.15, 0.2) is 0 Å². The monoisotopic (exact) mass is 289 g/mol. The Morgan fingerprint density at radius 1 is 1.25 bits per heavy atom. The number of alkyl halides is 3. The summed E-state index contributed by atoms with van der Waals surface area (Å²) in [6.07, 6.45) is -4.33. The van der Waals surface area contributed by atoms with Crippen molar-refractivity contribution in [1.29, 1.82) is 0 Å². The zero-order chi connectivity index (χ0) is 15.3. The molecule has 0 fully saturated rings. The van der Waals surface area contributed by atoms with Crippen molar-refractivity contribution in [1.82, 2.24) is 5.32 Å². The Balaban J connectivity index is 2.67. The van der Waals surface area contributed by atoms with E-state index < -0.39 is 17.8 Å². The normalized spacial score (nSPS) is 13.3. The Kier molecular flexibility index (Phi) is 5.56. The van der Waals surface area contributed by atoms with Crippen LogP contribution in [0.5, 0.6) is 0 Å². The van der Waals surface area contributed by atoms with Gasteiger partial charge in [0.25, 0.3) is 0 Å². The number of esters is 1. The number of ether oxygens (including phenoxy) is 1. The molecule has 0 radical (unpaired) electrons. The largest absolute Gasteiger partial charge is 0.468 e. The minimum Gasteiger partial charge on any atom is -0.468 e. The Hall–Kier alpha value is -1.56. The molecule has 0 saturated heterocycles. The molecule has 0 spiro atoms. The van der Waals surface area contributed by atoms with Crippen molar-refractivity contribution >= 4 is 5.97 Å². The standard InChI is InChI=1S/C14H18F3NO2/c1-9(2)12(13(19)20-3)18-8-10-4-6-11(7-5-10)14(15,16)17/h4-7,9,12,18H,8H2,1-3H3/t12-/m0/s1. The van der Waals surface area contributed by atoms with Gasteiger partial charge in [0.1, 0.15) is 6.04 Å². The Morgan fingerprint density at radius 3 is 2.20 bits per heavy atom. The molecule has 112 valence electrons. The third-order valence-electron chi connectivity index (χ3n) is 2.93. The molecule has 0 saturated carbocycles. The minimum atomic E-state index is -4.33. The second kappa shape index (κ2) is 6.74. The summed E-state index contributed by atoms with van der Waals surface area (Å²) in [5.41, 5.74) is -0.0119. The number of methoxy groups -OCH3 is 1. The van der Waals surface area contributed by atoms with Gasteiger partial charge in [-0.25, -0.2) is 0 Å². The van der Waals surface area contributed by atoms with Gasteiger partial charge in [-0.15, -0.1) is 0 Å². The molecule has 0 aliphatic heterocycles. The predicted octanol–water partition coefficient (Wildman–Crippen LogP) is 2.99. The molecule has 1 rings (SSSR count). The van der Waals surface area contributed by atoms with Gasteiger partial charge >= 0.3 is 12.1 Å². The van der Waals surface area contributed by atoms with E-state index >= 15 is 0 Å². The predicted molar refractivity (Wildman–Crippen MR) is 68.9 cm³/mol. The van der Waals surface area contributed by atoms with Crippen LogP contribution < -0.4 is 5.32 Å². The Morgan fingerprint density at radius 2 is 1.80 bits per heavy atom. The van der Waals surface area contributed by atoms with Gasteiger partial charge in [0.2, 0.25) is 0 Å². The second-order valence-electron chi connectivity index (χ2n) is 4.82. The molecule has 6 heteroatoms. The van der Waals surface area contributed by atoms with Crippen LogP contribution in [-0.4, -0.2) is 19.1 Å². The van der Waals surface area contributed by atoms with E-state index in [0.29, 0.717) is 12.1 Å². The van der Waals surface area contributed by atoms with Crippen LogP contribution in [-0.2, 0) is 22.3 Å². The molecule has 0 unspecified atom stereocenters. The molecule has 20 heavy (non-hydrogen) atoms. The molecule has 0 amide bonds. The first-order chi connectivity index (χ1) is 9.25. The van der Waals surface area contributed by atoms with Crippen molar-refractivity contribution in [3.63, 3.8) is 0 Å². The van der Waals surface area contributed by atoms with E-state index in [9.17, 15) is 18.0 Å². The van der Waals surface area contributed by atoms with Crippen molar-refractivity contribution in [2.24, 2.45) is 5.92 Å². The number of halogens is 3. The van der Waals surface area contributed by atoms with Crippen LogP contribution in [0.25, 0.3) is 0 Å². The molecule has 0 aliphatic carbocycles. The average Bonchev–Trinajstić information content (AvgIpc) is 2.37. The highest BCUT2D eigenvalue weighted by atomic mass is 19.4. The molecule has 3 nitrogen and oxygen atoms in total. The third-order valence-corrected chi connectivity index (χ3v) is 2.93. The average molecular weight is 289 g/mol. The summed E-state index contributed by atoms with van der Waals surface area (Å²) in [6, 6.07) is 4.36. The number of hydrogen-bond acceptors (Lipinski definition) is 3. The second-order valence-corrected chi connectivity index (χ2v) is 4.82. The first kappa shape index (κ1) is 16.5. The first-order valence-corrected chi connectivity index (χ1v) is 6.23. The van der Waals surface area contributed by atoms with Crippen LogP contribution in [0.1, 0.15) is 25.0 Å². The van der Waals surface area contributed by atoms with Crippen molar-refractivity contribution in [3.8, 4) is 0 Å². The van der Waals surface area contributed by atoms with Crippen LogP contribution in [0.4, 0.5) is 13.2 Å². The molecular weight excluding hydrogens is 271 g/mol. The van der Waals surface area contributed by atoms with E-state index in [1.807, 2.05) is 13.8 Å². The molecule has 0 aliphatic rings. The zero-order valence-corrected chi connectivity index (χ0v) is 11.6. The van der Waals surface area contributed by atoms with Crippen LogP contribution in [0.2, 0.25) is 0 Å². The summed E-state index contributed by atoms with van der Waals surface area (Å²) in [7, 11) is 1.30. The fourth-order valence-electron chi connectivity index (χ4n) is 1.76. The molecule has 1 aromatic rings. The summed E-state index contributed by atoms with van der Waals surface area (Å²) in [5, 5.41) is 2.99. The van der Waals surface area contributed by atoms with Crippen LogP contribution >= 0.6 is 0 Å². The Bertz CT molecular complexity index is 441. The molecule has 1 atom stereocenters. The zero-order valence-electron chi connectivity index (χ0n) is 11.6. The number of hydrogen-bond donors (Lipinski definition) is 1. The molecule has 0 aromatic heterocycles. The summed E-state index contributed by atoms with van der Waals surface area (Å²) < 4.78 is 41.9. The molecule has 0 bridgehead atoms. The van der Waals surface area contributed by atoms with Crippen molar-refractivity contribution < 1.29 is 22.7 Å². The van der Waals surface area contributed by atoms with E-state index in [1.54, 1.807) is 0 Å². The number of carbonyl (C=O) groups is 1. The first-order valence-electron chi connectivity index (χ1n) is 6.23. The van der Waals surface area contributed by atoms with Gasteiger partial charge < -0.3 is 10.1 Å². The van der Waals surface area contributed by atoms with E-state index in [1.165, 1.54) is 19.2 Å². The van der Waals surface area contributed by atoms with Crippen LogP contribution in [0.3, 0.4) is 0 Å². The summed E-state index contributed by atoms with van der Waals surface area (Å²) in [4.78, 5) is 11.5. The smallest absolute Gasteiger partial charge is 0.416 e. The van der Waals surface area contributed by atoms with Gasteiger partial charge in [0.05, 0.1) is 12.7 Å². The van der Waals surface area contributed by atoms with Gasteiger partial charge in [-0.3, -0.25) is 4.79 Å². The van der Waals surface area contributed by atoms with Gasteiger partial charge in [0, 0.05) is 6.54 Å². The lowest BCUT2D eigenvalue weighted by atomic mass is 10.0. The lowest BCUT2D eigenvalue weighted by Gasteiger charge is -2.20. The third kappa shape index (κ3) is 4.52. The summed E-state index contributed by atoms with van der Waals surface area (Å²) in [5.74, 6) is -0.358. The molecule has 1 N–H and O–H groups in total. The quantitative estimate of drug-likeness (QED) is 0.847. The molecular formula is C14H18F3NO2. The van der Waals surface area contributed by atoms with Gasteiger partial charge in [-0.2, -0.15) is 13.2 Å². The summed E-state index contributed by atoms with van der Waals surface area (Å²) in [6.45, 7) is 4.03. The van der Waals surface area contributed by atoms with E-state index in [-0.39, 0.29) is 11.9 Å². The highest BCUT2D eigenvalue weighted by Gasteiger charge is 2.30. The lowest BCUT2D eigenvalue weighted by molar-refractivity contribution is -0.144. The highest BCUT2D eigenvalue weighted by molar-refractivity contribution is 5.75. The van der Waals surface area contributed by atoms with Crippen molar-refractivity contribution in [2.75, 3.05) is 7.11 Å². The van der Waals surface area contributed by atoms with Crippen LogP contribution in [0, 0.1) is 5.92 Å². The fraction of sp³-hybridized carbons (Fsp3) is 0.500. The van der Waals surface area contributed by atoms with Gasteiger partial charge in [-0.1, -0.05) is 26.0 Å². The number of carbonyl (C=O) groups excluding carboxylic acids is 1. The molecule has 1 aromatic carbocycles. The lowest BCUT2D eigenvalue weighted by Crippen LogP contribution is -2.41. The van der Waals surface area contributed by atoms with Crippen molar-refractivity contribution in [3.05, 3.63) is 35.4 Å². The Labute approximate surface area is 116 Å². The topological polar surface area (TPSA) is 38.3 Å². The number of benzene rings is 1. The highest BCUT2D eigenvalue weighted by Crippen LogP contribution is 2.29. The van der Waals surface area contributed by atoms with Crippen molar-refractivity contribution in [2.45, 2.75) is 32.6 Å². The summed E-state index contributed by atoms with van der Waals surface area (Å²) >= 11 is 0. The van der Waals surface area contributed by atoms with E-state index in [0.717, 1.165) is 12.1 Å². The maximum absolute atomic E-state index is 12.4. The molecule has 0 heterocycles. The van der Waals surface area contributed by atoms with E-state index in [4.69, 9.17) is 0 Å². The number of nitrogens with one attached hydrogen (secondary N) is 1. The van der Waals surface area contributed by atoms with Gasteiger partial charge in [-0.05, 0) is 23.6 Å². The maximum Gasteiger partial charge on any atom is 0.416 e. The minimum absolute atomic E-state index is 0.0249. The van der Waals surface area contributed by atoms with E-state index in [2.05, 4.69) is 10.1 Å². The fourth-order valence-corrected chi connectivity index (χ4v) is 1.76. The van der Waals surface area contributed by atoms with Crippen LogP contribution in [0.15, 0.2) is 24.3 Å². The maximum atomic E-state index is 12.4. The number of rotatable bonds is 5.